The van der Waals surface area contributed by atoms with Crippen molar-refractivity contribution in [3.05, 3.63) is 24.3 Å². The van der Waals surface area contributed by atoms with Crippen molar-refractivity contribution in [2.24, 2.45) is 0 Å². The van der Waals surface area contributed by atoms with Gasteiger partial charge in [0.15, 0.2) is 0 Å². The van der Waals surface area contributed by atoms with Crippen molar-refractivity contribution in [2.75, 3.05) is 0 Å². The fraction of sp³-hybridized carbons (Fsp3) is 0.714. The van der Waals surface area contributed by atoms with Crippen molar-refractivity contribution in [1.82, 2.24) is 0 Å². The average molecular weight is 208 g/mol. The van der Waals surface area contributed by atoms with Crippen LogP contribution in [-0.4, -0.2) is 10.7 Å². The lowest BCUT2D eigenvalue weighted by Gasteiger charge is -2.29. The molecule has 1 N–H and O–H groups in total. The van der Waals surface area contributed by atoms with Crippen LogP contribution in [-0.2, 0) is 0 Å². The van der Waals surface area contributed by atoms with Gasteiger partial charge in [0.1, 0.15) is 5.60 Å². The van der Waals surface area contributed by atoms with E-state index in [9.17, 15) is 5.11 Å². The van der Waals surface area contributed by atoms with Crippen molar-refractivity contribution in [1.29, 1.82) is 0 Å². The van der Waals surface area contributed by atoms with Crippen molar-refractivity contribution in [3.8, 4) is 0 Å². The Labute approximate surface area is 93.9 Å². The fourth-order valence-electron chi connectivity index (χ4n) is 2.13. The minimum atomic E-state index is -0.690. The van der Waals surface area contributed by atoms with E-state index in [2.05, 4.69) is 19.6 Å². The van der Waals surface area contributed by atoms with E-state index in [1.165, 1.54) is 25.7 Å². The fourth-order valence-corrected chi connectivity index (χ4v) is 2.13. The lowest BCUT2D eigenvalue weighted by Crippen LogP contribution is -2.29. The van der Waals surface area contributed by atoms with Crippen LogP contribution >= 0.6 is 0 Å². The number of unbranched alkanes of at least 4 members (excludes halogenated alkanes) is 3. The Kier molecular flexibility index (Phi) is 5.10. The van der Waals surface area contributed by atoms with Gasteiger partial charge in [-0.1, -0.05) is 44.9 Å². The third kappa shape index (κ3) is 3.83. The molecule has 1 heteroatoms. The molecule has 0 aliphatic heterocycles. The van der Waals surface area contributed by atoms with Crippen LogP contribution < -0.4 is 0 Å². The molecule has 0 radical (unpaired) electrons. The molecule has 15 heavy (non-hydrogen) atoms. The van der Waals surface area contributed by atoms with E-state index in [1.807, 2.05) is 6.08 Å². The molecule has 1 aliphatic carbocycles. The average Bonchev–Trinajstić information content (AvgIpc) is 2.25. The molecule has 0 amide bonds. The molecule has 86 valence electrons. The molecule has 1 nitrogen and oxygen atoms in total. The smallest absolute Gasteiger partial charge is 0.103 e. The largest absolute Gasteiger partial charge is 0.381 e. The van der Waals surface area contributed by atoms with Gasteiger partial charge in [0, 0.05) is 0 Å². The van der Waals surface area contributed by atoms with Crippen molar-refractivity contribution in [3.63, 3.8) is 0 Å². The summed E-state index contributed by atoms with van der Waals surface area (Å²) in [6.07, 6.45) is 13.0. The number of aliphatic hydroxyl groups is 1. The maximum absolute atomic E-state index is 10.3. The van der Waals surface area contributed by atoms with E-state index in [0.717, 1.165) is 31.3 Å². The predicted molar refractivity (Wildman–Crippen MR) is 65.8 cm³/mol. The Morgan fingerprint density at radius 3 is 2.80 bits per heavy atom. The van der Waals surface area contributed by atoms with E-state index in [0.29, 0.717) is 0 Å². The number of hydrogen-bond acceptors (Lipinski definition) is 1. The Morgan fingerprint density at radius 2 is 2.20 bits per heavy atom. The second kappa shape index (κ2) is 6.12. The molecule has 1 aliphatic rings. The molecule has 1 atom stereocenters. The molecule has 0 saturated carbocycles. The first-order valence-electron chi connectivity index (χ1n) is 6.27. The van der Waals surface area contributed by atoms with Gasteiger partial charge in [0.25, 0.3) is 0 Å². The minimum Gasteiger partial charge on any atom is -0.381 e. The maximum Gasteiger partial charge on any atom is 0.103 e. The summed E-state index contributed by atoms with van der Waals surface area (Å²) in [6, 6.07) is 0. The Hall–Kier alpha value is -0.560. The summed E-state index contributed by atoms with van der Waals surface area (Å²) in [5.41, 5.74) is 0.319. The summed E-state index contributed by atoms with van der Waals surface area (Å²) in [7, 11) is 0. The standard InChI is InChI=1S/C14H24O/c1-3-4-5-7-10-13(2)14(15)11-8-6-9-12-14/h8,11,15H,2-7,9-10,12H2,1H3. The van der Waals surface area contributed by atoms with Gasteiger partial charge in [-0.25, -0.2) is 0 Å². The summed E-state index contributed by atoms with van der Waals surface area (Å²) in [6.45, 7) is 6.26. The molecule has 1 unspecified atom stereocenters. The molecule has 0 spiro atoms. The zero-order valence-electron chi connectivity index (χ0n) is 9.97. The summed E-state index contributed by atoms with van der Waals surface area (Å²) in [4.78, 5) is 0. The van der Waals surface area contributed by atoms with Crippen molar-refractivity contribution in [2.45, 2.75) is 63.9 Å². The van der Waals surface area contributed by atoms with Crippen LogP contribution in [0.3, 0.4) is 0 Å². The quantitative estimate of drug-likeness (QED) is 0.517. The second-order valence-corrected chi connectivity index (χ2v) is 4.63. The Bertz CT molecular complexity index is 229. The molecule has 0 aromatic carbocycles. The second-order valence-electron chi connectivity index (χ2n) is 4.63. The highest BCUT2D eigenvalue weighted by atomic mass is 16.3. The molecule has 1 rings (SSSR count). The first-order valence-corrected chi connectivity index (χ1v) is 6.27. The first kappa shape index (κ1) is 12.5. The van der Waals surface area contributed by atoms with Gasteiger partial charge in [0.2, 0.25) is 0 Å². The van der Waals surface area contributed by atoms with Crippen LogP contribution in [0.1, 0.15) is 58.3 Å². The zero-order chi connectivity index (χ0) is 11.1. The molecular formula is C14H24O. The number of allylic oxidation sites excluding steroid dienone is 1. The highest BCUT2D eigenvalue weighted by Crippen LogP contribution is 2.31. The van der Waals surface area contributed by atoms with Gasteiger partial charge in [-0.3, -0.25) is 0 Å². The Balaban J connectivity index is 2.32. The SMILES string of the molecule is C=C(CCCCCC)C1(O)C=CCCC1. The van der Waals surface area contributed by atoms with Gasteiger partial charge in [0.05, 0.1) is 0 Å². The van der Waals surface area contributed by atoms with Gasteiger partial charge < -0.3 is 5.11 Å². The number of hydrogen-bond donors (Lipinski definition) is 1. The molecule has 0 aromatic heterocycles. The lowest BCUT2D eigenvalue weighted by atomic mass is 9.83. The third-order valence-electron chi connectivity index (χ3n) is 3.27. The van der Waals surface area contributed by atoms with Crippen LogP contribution in [0.5, 0.6) is 0 Å². The maximum atomic E-state index is 10.3. The molecule has 0 saturated heterocycles. The van der Waals surface area contributed by atoms with Crippen molar-refractivity contribution < 1.29 is 5.11 Å². The van der Waals surface area contributed by atoms with Crippen LogP contribution in [0.4, 0.5) is 0 Å². The molecule has 0 aromatic rings. The summed E-state index contributed by atoms with van der Waals surface area (Å²) < 4.78 is 0. The number of rotatable bonds is 6. The van der Waals surface area contributed by atoms with Gasteiger partial charge in [-0.15, -0.1) is 0 Å². The minimum absolute atomic E-state index is 0.690. The van der Waals surface area contributed by atoms with Crippen molar-refractivity contribution >= 4 is 0 Å². The van der Waals surface area contributed by atoms with Gasteiger partial charge in [-0.05, 0) is 37.7 Å². The van der Waals surface area contributed by atoms with Crippen LogP contribution in [0.25, 0.3) is 0 Å². The lowest BCUT2D eigenvalue weighted by molar-refractivity contribution is 0.108. The normalized spacial score (nSPS) is 25.5. The molecule has 0 heterocycles. The van der Waals surface area contributed by atoms with E-state index in [4.69, 9.17) is 0 Å². The zero-order valence-corrected chi connectivity index (χ0v) is 9.97. The molecule has 0 bridgehead atoms. The van der Waals surface area contributed by atoms with Gasteiger partial charge in [-0.2, -0.15) is 0 Å². The predicted octanol–water partition coefficient (Wildman–Crippen LogP) is 3.98. The summed E-state index contributed by atoms with van der Waals surface area (Å²) in [5, 5.41) is 10.3. The highest BCUT2D eigenvalue weighted by molar-refractivity contribution is 5.23. The van der Waals surface area contributed by atoms with Crippen LogP contribution in [0, 0.1) is 0 Å². The summed E-state index contributed by atoms with van der Waals surface area (Å²) in [5.74, 6) is 0. The summed E-state index contributed by atoms with van der Waals surface area (Å²) >= 11 is 0. The molecule has 0 fully saturated rings. The van der Waals surface area contributed by atoms with Gasteiger partial charge >= 0.3 is 0 Å². The van der Waals surface area contributed by atoms with Crippen LogP contribution in [0.2, 0.25) is 0 Å². The molecular weight excluding hydrogens is 184 g/mol. The third-order valence-corrected chi connectivity index (χ3v) is 3.27. The van der Waals surface area contributed by atoms with E-state index < -0.39 is 5.60 Å². The van der Waals surface area contributed by atoms with E-state index in [-0.39, 0.29) is 0 Å². The highest BCUT2D eigenvalue weighted by Gasteiger charge is 2.27. The van der Waals surface area contributed by atoms with E-state index in [1.54, 1.807) is 0 Å². The first-order chi connectivity index (χ1) is 7.19. The van der Waals surface area contributed by atoms with E-state index >= 15 is 0 Å². The van der Waals surface area contributed by atoms with Crippen LogP contribution in [0.15, 0.2) is 24.3 Å². The Morgan fingerprint density at radius 1 is 1.40 bits per heavy atom. The topological polar surface area (TPSA) is 20.2 Å². The monoisotopic (exact) mass is 208 g/mol.